The molecular weight excluding hydrogens is 307 g/mol. The molecule has 0 fully saturated rings. The van der Waals surface area contributed by atoms with Gasteiger partial charge in [0.1, 0.15) is 6.10 Å². The SMILES string of the molecule is C#CCC(OC(=N)C(Cl)(Cl)Cl)c1ccc(C#N)cc1. The van der Waals surface area contributed by atoms with Crippen LogP contribution in [0.25, 0.3) is 0 Å². The Morgan fingerprint density at radius 1 is 1.37 bits per heavy atom. The fraction of sp³-hybridized carbons (Fsp3) is 0.231. The first-order valence-corrected chi connectivity index (χ1v) is 6.27. The summed E-state index contributed by atoms with van der Waals surface area (Å²) in [6, 6.07) is 8.63. The predicted octanol–water partition coefficient (Wildman–Crippen LogP) is 3.99. The standard InChI is InChI=1S/C13H9Cl3N2O/c1-2-3-11(19-12(18)13(14,15)16)10-6-4-9(8-17)5-7-10/h1,4-7,11,18H,3H2. The molecule has 0 radical (unpaired) electrons. The van der Waals surface area contributed by atoms with Crippen molar-refractivity contribution >= 4 is 40.7 Å². The van der Waals surface area contributed by atoms with Crippen LogP contribution in [0.15, 0.2) is 24.3 Å². The summed E-state index contributed by atoms with van der Waals surface area (Å²) in [5, 5.41) is 16.3. The van der Waals surface area contributed by atoms with E-state index < -0.39 is 15.8 Å². The van der Waals surface area contributed by atoms with E-state index in [1.807, 2.05) is 6.07 Å². The zero-order valence-corrected chi connectivity index (χ0v) is 11.9. The molecule has 0 saturated carbocycles. The van der Waals surface area contributed by atoms with E-state index in [9.17, 15) is 0 Å². The van der Waals surface area contributed by atoms with E-state index in [0.29, 0.717) is 11.1 Å². The number of benzene rings is 1. The van der Waals surface area contributed by atoms with E-state index in [2.05, 4.69) is 5.92 Å². The molecule has 0 saturated heterocycles. The second-order valence-electron chi connectivity index (χ2n) is 3.58. The number of alkyl halides is 3. The lowest BCUT2D eigenvalue weighted by Crippen LogP contribution is -2.23. The van der Waals surface area contributed by atoms with Crippen molar-refractivity contribution in [3.05, 3.63) is 35.4 Å². The molecule has 1 N–H and O–H groups in total. The average molecular weight is 316 g/mol. The first kappa shape index (κ1) is 15.7. The monoisotopic (exact) mass is 314 g/mol. The Kier molecular flexibility index (Phi) is 5.51. The van der Waals surface area contributed by atoms with Gasteiger partial charge in [0, 0.05) is 0 Å². The lowest BCUT2D eigenvalue weighted by Gasteiger charge is -2.21. The summed E-state index contributed by atoms with van der Waals surface area (Å²) in [4.78, 5) is 0. The molecule has 1 unspecified atom stereocenters. The van der Waals surface area contributed by atoms with Gasteiger partial charge in [-0.25, -0.2) is 0 Å². The minimum atomic E-state index is -1.93. The number of halogens is 3. The molecule has 6 heteroatoms. The van der Waals surface area contributed by atoms with Crippen molar-refractivity contribution in [2.45, 2.75) is 16.3 Å². The van der Waals surface area contributed by atoms with Gasteiger partial charge in [0.15, 0.2) is 0 Å². The van der Waals surface area contributed by atoms with Crippen LogP contribution in [-0.4, -0.2) is 9.69 Å². The molecule has 1 rings (SSSR count). The summed E-state index contributed by atoms with van der Waals surface area (Å²) in [6.45, 7) is 0. The number of nitrogens with one attached hydrogen (secondary N) is 1. The van der Waals surface area contributed by atoms with E-state index in [0.717, 1.165) is 0 Å². The van der Waals surface area contributed by atoms with E-state index in [1.54, 1.807) is 24.3 Å². The summed E-state index contributed by atoms with van der Waals surface area (Å²) in [7, 11) is 0. The molecule has 0 aliphatic carbocycles. The van der Waals surface area contributed by atoms with Crippen LogP contribution >= 0.6 is 34.8 Å². The highest BCUT2D eigenvalue weighted by Crippen LogP contribution is 2.31. The lowest BCUT2D eigenvalue weighted by molar-refractivity contribution is 0.191. The van der Waals surface area contributed by atoms with Gasteiger partial charge in [0.25, 0.3) is 3.79 Å². The summed E-state index contributed by atoms with van der Waals surface area (Å²) < 4.78 is 3.35. The second-order valence-corrected chi connectivity index (χ2v) is 5.86. The third kappa shape index (κ3) is 4.65. The van der Waals surface area contributed by atoms with Gasteiger partial charge in [-0.3, -0.25) is 5.41 Å². The molecule has 3 nitrogen and oxygen atoms in total. The van der Waals surface area contributed by atoms with Gasteiger partial charge in [0.05, 0.1) is 18.1 Å². The third-order valence-electron chi connectivity index (χ3n) is 2.23. The molecule has 0 aromatic heterocycles. The largest absolute Gasteiger partial charge is 0.469 e. The summed E-state index contributed by atoms with van der Waals surface area (Å²) in [5.74, 6) is 1.94. The van der Waals surface area contributed by atoms with Crippen molar-refractivity contribution in [1.82, 2.24) is 0 Å². The van der Waals surface area contributed by atoms with Crippen LogP contribution in [0.4, 0.5) is 0 Å². The summed E-state index contributed by atoms with van der Waals surface area (Å²) in [5.41, 5.74) is 1.22. The zero-order chi connectivity index (χ0) is 14.5. The molecule has 0 bridgehead atoms. The predicted molar refractivity (Wildman–Crippen MR) is 76.4 cm³/mol. The second kappa shape index (κ2) is 6.68. The van der Waals surface area contributed by atoms with Gasteiger partial charge in [-0.1, -0.05) is 46.9 Å². The normalized spacial score (nSPS) is 12.1. The van der Waals surface area contributed by atoms with Gasteiger partial charge in [-0.05, 0) is 17.7 Å². The first-order chi connectivity index (χ1) is 8.88. The first-order valence-electron chi connectivity index (χ1n) is 5.14. The topological polar surface area (TPSA) is 56.9 Å². The quantitative estimate of drug-likeness (QED) is 0.397. The van der Waals surface area contributed by atoms with Crippen molar-refractivity contribution in [3.8, 4) is 18.4 Å². The van der Waals surface area contributed by atoms with Crippen LogP contribution in [0.2, 0.25) is 0 Å². The van der Waals surface area contributed by atoms with Crippen molar-refractivity contribution < 1.29 is 4.74 Å². The number of terminal acetylenes is 1. The molecule has 0 spiro atoms. The number of hydrogen-bond donors (Lipinski definition) is 1. The van der Waals surface area contributed by atoms with Crippen molar-refractivity contribution in [2.24, 2.45) is 0 Å². The van der Waals surface area contributed by atoms with Gasteiger partial charge in [0.2, 0.25) is 5.90 Å². The maximum absolute atomic E-state index is 8.72. The van der Waals surface area contributed by atoms with E-state index in [-0.39, 0.29) is 6.42 Å². The molecule has 0 aliphatic rings. The third-order valence-corrected chi connectivity index (χ3v) is 2.75. The minimum Gasteiger partial charge on any atom is -0.469 e. The van der Waals surface area contributed by atoms with Crippen LogP contribution < -0.4 is 0 Å². The molecule has 1 aromatic rings. The highest BCUT2D eigenvalue weighted by Gasteiger charge is 2.31. The van der Waals surface area contributed by atoms with E-state index >= 15 is 0 Å². The Bertz CT molecular complexity index is 535. The molecule has 0 aliphatic heterocycles. The number of nitriles is 1. The molecule has 1 atom stereocenters. The number of rotatable bonds is 3. The molecular formula is C13H9Cl3N2O. The minimum absolute atomic E-state index is 0.217. The molecule has 0 amide bonds. The molecule has 1 aromatic carbocycles. The Labute approximate surface area is 126 Å². The summed E-state index contributed by atoms with van der Waals surface area (Å²) in [6.07, 6.45) is 4.88. The van der Waals surface area contributed by atoms with Crippen LogP contribution in [0.1, 0.15) is 23.7 Å². The smallest absolute Gasteiger partial charge is 0.265 e. The number of ether oxygens (including phenoxy) is 1. The Balaban J connectivity index is 2.92. The highest BCUT2D eigenvalue weighted by atomic mass is 35.6. The maximum atomic E-state index is 8.72. The van der Waals surface area contributed by atoms with E-state index in [4.69, 9.17) is 56.6 Å². The van der Waals surface area contributed by atoms with Crippen LogP contribution in [0.5, 0.6) is 0 Å². The Morgan fingerprint density at radius 2 is 1.95 bits per heavy atom. The van der Waals surface area contributed by atoms with Gasteiger partial charge in [-0.15, -0.1) is 12.3 Å². The van der Waals surface area contributed by atoms with E-state index in [1.165, 1.54) is 0 Å². The van der Waals surface area contributed by atoms with Crippen LogP contribution in [0.3, 0.4) is 0 Å². The summed E-state index contributed by atoms with van der Waals surface area (Å²) >= 11 is 16.6. The van der Waals surface area contributed by atoms with Crippen molar-refractivity contribution in [1.29, 1.82) is 10.7 Å². The van der Waals surface area contributed by atoms with Gasteiger partial charge in [-0.2, -0.15) is 5.26 Å². The van der Waals surface area contributed by atoms with Gasteiger partial charge < -0.3 is 4.74 Å². The Hall–Kier alpha value is -1.39. The average Bonchev–Trinajstić information content (AvgIpc) is 2.37. The van der Waals surface area contributed by atoms with Crippen molar-refractivity contribution in [3.63, 3.8) is 0 Å². The van der Waals surface area contributed by atoms with Crippen LogP contribution in [0, 0.1) is 29.1 Å². The molecule has 0 heterocycles. The zero-order valence-electron chi connectivity index (χ0n) is 9.66. The molecule has 19 heavy (non-hydrogen) atoms. The lowest BCUT2D eigenvalue weighted by atomic mass is 10.1. The maximum Gasteiger partial charge on any atom is 0.265 e. The van der Waals surface area contributed by atoms with Gasteiger partial charge >= 0.3 is 0 Å². The van der Waals surface area contributed by atoms with Crippen LogP contribution in [-0.2, 0) is 4.74 Å². The fourth-order valence-electron chi connectivity index (χ4n) is 1.32. The number of nitrogens with zero attached hydrogens (tertiary/aromatic N) is 1. The van der Waals surface area contributed by atoms with Crippen molar-refractivity contribution in [2.75, 3.05) is 0 Å². The highest BCUT2D eigenvalue weighted by molar-refractivity contribution is 6.76. The molecule has 98 valence electrons. The fourth-order valence-corrected chi connectivity index (χ4v) is 1.45. The Morgan fingerprint density at radius 3 is 2.37 bits per heavy atom. The number of hydrogen-bond acceptors (Lipinski definition) is 3.